The van der Waals surface area contributed by atoms with Crippen LogP contribution in [-0.2, 0) is 0 Å². The molecule has 0 saturated heterocycles. The van der Waals surface area contributed by atoms with Gasteiger partial charge < -0.3 is 4.74 Å². The zero-order chi connectivity index (χ0) is 24.1. The first kappa shape index (κ1) is 19.3. The molecule has 1 aliphatic carbocycles. The molecule has 2 nitrogen and oxygen atoms in total. The molecule has 0 spiro atoms. The van der Waals surface area contributed by atoms with Crippen LogP contribution >= 0.6 is 0 Å². The molecule has 0 N–H and O–H groups in total. The molecule has 2 aliphatic rings. The summed E-state index contributed by atoms with van der Waals surface area (Å²) in [5.41, 5.74) is 10.8. The fourth-order valence-electron chi connectivity index (χ4n) is 6.40. The van der Waals surface area contributed by atoms with Gasteiger partial charge in [-0.05, 0) is 79.9 Å². The monoisotopic (exact) mass is 469 g/mol. The second-order valence-corrected chi connectivity index (χ2v) is 9.90. The van der Waals surface area contributed by atoms with Crippen molar-refractivity contribution in [3.05, 3.63) is 115 Å². The van der Waals surface area contributed by atoms with Gasteiger partial charge in [0.1, 0.15) is 11.5 Å². The molecule has 2 heteroatoms. The third-order valence-corrected chi connectivity index (χ3v) is 8.00. The Morgan fingerprint density at radius 3 is 2.00 bits per heavy atom. The predicted molar refractivity (Wildman–Crippen MR) is 152 cm³/mol. The molecule has 0 bridgehead atoms. The number of nitrogens with zero attached hydrogens (tertiary/aromatic N) is 1. The Balaban J connectivity index is 1.32. The van der Waals surface area contributed by atoms with E-state index >= 15 is 0 Å². The van der Waals surface area contributed by atoms with E-state index in [1.165, 1.54) is 49.5 Å². The van der Waals surface area contributed by atoms with Crippen LogP contribution < -0.4 is 4.74 Å². The van der Waals surface area contributed by atoms with Crippen molar-refractivity contribution in [3.8, 4) is 56.1 Å². The van der Waals surface area contributed by atoms with Crippen LogP contribution in [0.2, 0.25) is 0 Å². The molecule has 2 heterocycles. The lowest BCUT2D eigenvalue weighted by atomic mass is 9.92. The van der Waals surface area contributed by atoms with E-state index in [4.69, 9.17) is 9.72 Å². The van der Waals surface area contributed by atoms with E-state index in [0.29, 0.717) is 0 Å². The summed E-state index contributed by atoms with van der Waals surface area (Å²) in [6.45, 7) is 0. The molecule has 0 unspecified atom stereocenters. The first-order valence-corrected chi connectivity index (χ1v) is 12.6. The van der Waals surface area contributed by atoms with E-state index in [-0.39, 0.29) is 0 Å². The Kier molecular flexibility index (Phi) is 3.56. The van der Waals surface area contributed by atoms with Crippen molar-refractivity contribution >= 4 is 32.4 Å². The highest BCUT2D eigenvalue weighted by atomic mass is 16.5. The molecule has 1 aromatic heterocycles. The minimum Gasteiger partial charge on any atom is -0.456 e. The standard InChI is InChI=1S/C35H19NO/c1-2-8-23-22(7-1)25-11-5-10-24-21(16-17-27(23)33(24)25)20-15-18-30-29(19-20)26-12-6-14-32-34(26)35(36-30)28-9-3-4-13-31(28)37-32/h1-19H. The van der Waals surface area contributed by atoms with Crippen LogP contribution in [0.25, 0.3) is 77.1 Å². The minimum atomic E-state index is 0.861. The highest BCUT2D eigenvalue weighted by Gasteiger charge is 2.24. The normalized spacial score (nSPS) is 12.5. The Hall–Kier alpha value is -4.95. The average molecular weight is 470 g/mol. The van der Waals surface area contributed by atoms with Gasteiger partial charge in [0.2, 0.25) is 0 Å². The number of pyridine rings is 1. The quantitative estimate of drug-likeness (QED) is 0.223. The van der Waals surface area contributed by atoms with Gasteiger partial charge in [-0.3, -0.25) is 0 Å². The maximum atomic E-state index is 6.29. The summed E-state index contributed by atoms with van der Waals surface area (Å²) in [6.07, 6.45) is 0. The van der Waals surface area contributed by atoms with Crippen molar-refractivity contribution in [2.45, 2.75) is 0 Å². The number of fused-ring (bicyclic) bond motifs is 7. The molecule has 37 heavy (non-hydrogen) atoms. The van der Waals surface area contributed by atoms with E-state index in [9.17, 15) is 0 Å². The number of hydrogen-bond donors (Lipinski definition) is 0. The van der Waals surface area contributed by atoms with Crippen molar-refractivity contribution in [1.82, 2.24) is 4.98 Å². The smallest absolute Gasteiger partial charge is 0.137 e. The van der Waals surface area contributed by atoms with E-state index in [1.807, 2.05) is 24.3 Å². The molecular weight excluding hydrogens is 450 g/mol. The molecule has 0 atom stereocenters. The van der Waals surface area contributed by atoms with Gasteiger partial charge in [-0.15, -0.1) is 0 Å². The number of hydrogen-bond acceptors (Lipinski definition) is 2. The van der Waals surface area contributed by atoms with Gasteiger partial charge in [0.25, 0.3) is 0 Å². The van der Waals surface area contributed by atoms with Gasteiger partial charge >= 0.3 is 0 Å². The topological polar surface area (TPSA) is 22.1 Å². The van der Waals surface area contributed by atoms with Gasteiger partial charge in [-0.1, -0.05) is 84.9 Å². The zero-order valence-electron chi connectivity index (χ0n) is 19.8. The molecule has 6 aromatic carbocycles. The minimum absolute atomic E-state index is 0.861. The number of ether oxygens (including phenoxy) is 1. The van der Waals surface area contributed by atoms with E-state index in [1.54, 1.807) is 0 Å². The summed E-state index contributed by atoms with van der Waals surface area (Å²) in [7, 11) is 0. The summed E-state index contributed by atoms with van der Waals surface area (Å²) >= 11 is 0. The van der Waals surface area contributed by atoms with Crippen LogP contribution in [0.3, 0.4) is 0 Å². The van der Waals surface area contributed by atoms with E-state index < -0.39 is 0 Å². The summed E-state index contributed by atoms with van der Waals surface area (Å²) in [5.74, 6) is 1.73. The SMILES string of the molecule is c1ccc2c(c1)Oc1cccc3c1c-2nc1ccc(-c2ccc4c5c(cccc25)-c2ccccc2-4)cc13. The molecule has 170 valence electrons. The Morgan fingerprint density at radius 2 is 1.11 bits per heavy atom. The molecule has 0 fully saturated rings. The molecule has 0 amide bonds. The number of aromatic nitrogens is 1. The predicted octanol–water partition coefficient (Wildman–Crippen LogP) is 9.63. The lowest BCUT2D eigenvalue weighted by Gasteiger charge is -2.21. The summed E-state index contributed by atoms with van der Waals surface area (Å²) in [6, 6.07) is 41.2. The summed E-state index contributed by atoms with van der Waals surface area (Å²) in [4.78, 5) is 5.16. The first-order chi connectivity index (χ1) is 18.3. The second-order valence-electron chi connectivity index (χ2n) is 9.90. The fourth-order valence-corrected chi connectivity index (χ4v) is 6.40. The van der Waals surface area contributed by atoms with Gasteiger partial charge in [0.05, 0.1) is 16.6 Å². The van der Waals surface area contributed by atoms with Crippen LogP contribution in [0.15, 0.2) is 115 Å². The highest BCUT2D eigenvalue weighted by Crippen LogP contribution is 2.50. The van der Waals surface area contributed by atoms with Crippen molar-refractivity contribution in [2.75, 3.05) is 0 Å². The van der Waals surface area contributed by atoms with Crippen LogP contribution in [0.4, 0.5) is 0 Å². The first-order valence-electron chi connectivity index (χ1n) is 12.6. The van der Waals surface area contributed by atoms with E-state index in [2.05, 4.69) is 91.0 Å². The summed E-state index contributed by atoms with van der Waals surface area (Å²) in [5, 5.41) is 6.04. The van der Waals surface area contributed by atoms with Gasteiger partial charge in [-0.2, -0.15) is 0 Å². The fraction of sp³-hybridized carbons (Fsp3) is 0. The molecule has 1 aliphatic heterocycles. The lowest BCUT2D eigenvalue weighted by Crippen LogP contribution is -1.99. The van der Waals surface area contributed by atoms with Gasteiger partial charge in [-0.25, -0.2) is 4.98 Å². The summed E-state index contributed by atoms with van der Waals surface area (Å²) < 4.78 is 6.29. The molecule has 0 saturated carbocycles. The van der Waals surface area contributed by atoms with Gasteiger partial charge in [0, 0.05) is 10.9 Å². The van der Waals surface area contributed by atoms with Crippen molar-refractivity contribution in [3.63, 3.8) is 0 Å². The largest absolute Gasteiger partial charge is 0.456 e. The Bertz CT molecular complexity index is 2090. The van der Waals surface area contributed by atoms with Crippen LogP contribution in [-0.4, -0.2) is 4.98 Å². The van der Waals surface area contributed by atoms with Crippen molar-refractivity contribution in [1.29, 1.82) is 0 Å². The van der Waals surface area contributed by atoms with Crippen LogP contribution in [0.1, 0.15) is 0 Å². The lowest BCUT2D eigenvalue weighted by molar-refractivity contribution is 0.486. The highest BCUT2D eigenvalue weighted by molar-refractivity contribution is 6.20. The Morgan fingerprint density at radius 1 is 0.432 bits per heavy atom. The third kappa shape index (κ3) is 2.47. The maximum Gasteiger partial charge on any atom is 0.137 e. The van der Waals surface area contributed by atoms with Crippen LogP contribution in [0, 0.1) is 0 Å². The molecule has 7 aromatic rings. The third-order valence-electron chi connectivity index (χ3n) is 8.00. The number of rotatable bonds is 1. The molecule has 0 radical (unpaired) electrons. The number of para-hydroxylation sites is 1. The Labute approximate surface area is 213 Å². The van der Waals surface area contributed by atoms with Crippen molar-refractivity contribution in [2.24, 2.45) is 0 Å². The number of benzene rings is 6. The van der Waals surface area contributed by atoms with E-state index in [0.717, 1.165) is 39.0 Å². The van der Waals surface area contributed by atoms with Gasteiger partial charge in [0.15, 0.2) is 0 Å². The molecule has 9 rings (SSSR count). The second kappa shape index (κ2) is 6.83. The average Bonchev–Trinajstić information content (AvgIpc) is 3.29. The molecular formula is C35H19NO. The zero-order valence-corrected chi connectivity index (χ0v) is 19.8. The van der Waals surface area contributed by atoms with Crippen LogP contribution in [0.5, 0.6) is 11.5 Å². The maximum absolute atomic E-state index is 6.29. The van der Waals surface area contributed by atoms with Crippen molar-refractivity contribution < 1.29 is 4.74 Å².